The van der Waals surface area contributed by atoms with Crippen LogP contribution in [0.3, 0.4) is 0 Å². The molecule has 0 radical (unpaired) electrons. The summed E-state index contributed by atoms with van der Waals surface area (Å²) < 4.78 is 16.6. The van der Waals surface area contributed by atoms with Gasteiger partial charge in [-0.3, -0.25) is 0 Å². The molecule has 3 rings (SSSR count). The Morgan fingerprint density at radius 1 is 1.19 bits per heavy atom. The van der Waals surface area contributed by atoms with Crippen LogP contribution in [0.15, 0.2) is 27.8 Å². The predicted octanol–water partition coefficient (Wildman–Crippen LogP) is 1.93. The van der Waals surface area contributed by atoms with Gasteiger partial charge in [0.05, 0.1) is 38.1 Å². The zero-order valence-electron chi connectivity index (χ0n) is 14.5. The van der Waals surface area contributed by atoms with E-state index >= 15 is 0 Å². The van der Waals surface area contributed by atoms with Crippen LogP contribution in [-0.4, -0.2) is 61.7 Å². The van der Waals surface area contributed by atoms with Crippen molar-refractivity contribution in [3.63, 3.8) is 0 Å². The van der Waals surface area contributed by atoms with Gasteiger partial charge in [0.1, 0.15) is 5.75 Å². The molecule has 138 valence electrons. The highest BCUT2D eigenvalue weighted by Crippen LogP contribution is 2.24. The van der Waals surface area contributed by atoms with E-state index < -0.39 is 0 Å². The largest absolute Gasteiger partial charge is 0.496 e. The standard InChI is InChI=1S/C16H19BrN6O3/c1-24-13-4-3-11(9-12(13)17)10-18-22-14-19-15(21-16(20-14)25-2)23-5-7-26-8-6-23/h3-4,9-10H,5-8H2,1-2H3,(H,19,20,21,22). The zero-order chi connectivity index (χ0) is 18.4. The van der Waals surface area contributed by atoms with Gasteiger partial charge in [0.25, 0.3) is 5.95 Å². The summed E-state index contributed by atoms with van der Waals surface area (Å²) in [7, 11) is 3.13. The van der Waals surface area contributed by atoms with Gasteiger partial charge in [0, 0.05) is 13.1 Å². The number of hydrogen-bond acceptors (Lipinski definition) is 9. The highest BCUT2D eigenvalue weighted by atomic mass is 79.9. The molecule has 10 heteroatoms. The van der Waals surface area contributed by atoms with E-state index in [0.717, 1.165) is 28.9 Å². The molecule has 2 heterocycles. The Labute approximate surface area is 159 Å². The minimum absolute atomic E-state index is 0.228. The Morgan fingerprint density at radius 2 is 2.00 bits per heavy atom. The van der Waals surface area contributed by atoms with Crippen molar-refractivity contribution in [2.45, 2.75) is 0 Å². The Kier molecular flexibility index (Phi) is 6.18. The van der Waals surface area contributed by atoms with Crippen molar-refractivity contribution in [1.29, 1.82) is 0 Å². The Morgan fingerprint density at radius 3 is 2.69 bits per heavy atom. The van der Waals surface area contributed by atoms with Gasteiger partial charge in [-0.2, -0.15) is 20.1 Å². The van der Waals surface area contributed by atoms with Gasteiger partial charge in [-0.05, 0) is 39.7 Å². The average Bonchev–Trinajstić information content (AvgIpc) is 2.68. The molecule has 0 amide bonds. The molecule has 0 spiro atoms. The minimum Gasteiger partial charge on any atom is -0.496 e. The van der Waals surface area contributed by atoms with Gasteiger partial charge >= 0.3 is 6.01 Å². The number of hydrogen-bond donors (Lipinski definition) is 1. The predicted molar refractivity (Wildman–Crippen MR) is 101 cm³/mol. The number of hydrazone groups is 1. The van der Waals surface area contributed by atoms with E-state index in [4.69, 9.17) is 14.2 Å². The topological polar surface area (TPSA) is 94.0 Å². The summed E-state index contributed by atoms with van der Waals surface area (Å²) in [6.45, 7) is 2.72. The number of benzene rings is 1. The fraction of sp³-hybridized carbons (Fsp3) is 0.375. The molecule has 1 aromatic carbocycles. The van der Waals surface area contributed by atoms with Crippen LogP contribution in [-0.2, 0) is 4.74 Å². The van der Waals surface area contributed by atoms with Crippen molar-refractivity contribution in [2.24, 2.45) is 5.10 Å². The third-order valence-corrected chi connectivity index (χ3v) is 4.25. The first-order valence-electron chi connectivity index (χ1n) is 7.95. The van der Waals surface area contributed by atoms with Crippen LogP contribution in [0.25, 0.3) is 0 Å². The maximum atomic E-state index is 5.35. The minimum atomic E-state index is 0.228. The molecule has 1 fully saturated rings. The normalized spacial score (nSPS) is 14.5. The number of aromatic nitrogens is 3. The number of nitrogens with one attached hydrogen (secondary N) is 1. The summed E-state index contributed by atoms with van der Waals surface area (Å²) in [5.74, 6) is 1.60. The number of halogens is 1. The quantitative estimate of drug-likeness (QED) is 0.557. The van der Waals surface area contributed by atoms with Crippen LogP contribution < -0.4 is 19.8 Å². The van der Waals surface area contributed by atoms with Crippen LogP contribution in [0.1, 0.15) is 5.56 Å². The summed E-state index contributed by atoms with van der Waals surface area (Å²) in [5, 5.41) is 4.18. The smallest absolute Gasteiger partial charge is 0.322 e. The van der Waals surface area contributed by atoms with E-state index in [1.807, 2.05) is 23.1 Å². The maximum Gasteiger partial charge on any atom is 0.322 e. The summed E-state index contributed by atoms with van der Waals surface area (Å²) in [4.78, 5) is 14.9. The van der Waals surface area contributed by atoms with E-state index in [0.29, 0.717) is 25.1 Å². The fourth-order valence-corrected chi connectivity index (χ4v) is 2.88. The van der Waals surface area contributed by atoms with Gasteiger partial charge < -0.3 is 19.1 Å². The van der Waals surface area contributed by atoms with Gasteiger partial charge in [0.15, 0.2) is 0 Å². The summed E-state index contributed by atoms with van der Waals surface area (Å²) >= 11 is 3.44. The van der Waals surface area contributed by atoms with E-state index in [1.54, 1.807) is 13.3 Å². The monoisotopic (exact) mass is 422 g/mol. The number of morpholine rings is 1. The van der Waals surface area contributed by atoms with Crippen molar-refractivity contribution in [3.05, 3.63) is 28.2 Å². The lowest BCUT2D eigenvalue weighted by molar-refractivity contribution is 0.122. The van der Waals surface area contributed by atoms with Gasteiger partial charge in [0.2, 0.25) is 5.95 Å². The van der Waals surface area contributed by atoms with E-state index in [-0.39, 0.29) is 6.01 Å². The Hall–Kier alpha value is -2.46. The van der Waals surface area contributed by atoms with Crippen LogP contribution in [0.5, 0.6) is 11.8 Å². The lowest BCUT2D eigenvalue weighted by Gasteiger charge is -2.26. The molecule has 1 aliphatic rings. The molecule has 2 aromatic rings. The second-order valence-electron chi connectivity index (χ2n) is 5.31. The number of anilines is 2. The van der Waals surface area contributed by atoms with Gasteiger partial charge in [-0.15, -0.1) is 0 Å². The van der Waals surface area contributed by atoms with Crippen molar-refractivity contribution in [1.82, 2.24) is 15.0 Å². The first kappa shape index (κ1) is 18.3. The van der Waals surface area contributed by atoms with Crippen molar-refractivity contribution in [3.8, 4) is 11.8 Å². The van der Waals surface area contributed by atoms with Crippen molar-refractivity contribution >= 4 is 34.0 Å². The summed E-state index contributed by atoms with van der Waals surface area (Å²) in [6.07, 6.45) is 1.66. The van der Waals surface area contributed by atoms with E-state index in [2.05, 4.69) is 41.4 Å². The SMILES string of the molecule is COc1nc(NN=Cc2ccc(OC)c(Br)c2)nc(N2CCOCC2)n1. The maximum absolute atomic E-state index is 5.35. The zero-order valence-corrected chi connectivity index (χ0v) is 16.1. The van der Waals surface area contributed by atoms with Gasteiger partial charge in [-0.1, -0.05) is 0 Å². The third-order valence-electron chi connectivity index (χ3n) is 3.63. The highest BCUT2D eigenvalue weighted by molar-refractivity contribution is 9.10. The number of nitrogens with zero attached hydrogens (tertiary/aromatic N) is 5. The van der Waals surface area contributed by atoms with Crippen molar-refractivity contribution in [2.75, 3.05) is 50.8 Å². The van der Waals surface area contributed by atoms with E-state index in [1.165, 1.54) is 7.11 Å². The molecule has 9 nitrogen and oxygen atoms in total. The van der Waals surface area contributed by atoms with Crippen molar-refractivity contribution < 1.29 is 14.2 Å². The molecule has 1 N–H and O–H groups in total. The van der Waals surface area contributed by atoms with Crippen LogP contribution in [0, 0.1) is 0 Å². The first-order chi connectivity index (χ1) is 12.7. The van der Waals surface area contributed by atoms with Crippen LogP contribution in [0.4, 0.5) is 11.9 Å². The molecular weight excluding hydrogens is 404 g/mol. The second-order valence-corrected chi connectivity index (χ2v) is 6.16. The first-order valence-corrected chi connectivity index (χ1v) is 8.74. The fourth-order valence-electron chi connectivity index (χ4n) is 2.32. The van der Waals surface area contributed by atoms with E-state index in [9.17, 15) is 0 Å². The van der Waals surface area contributed by atoms with Gasteiger partial charge in [-0.25, -0.2) is 5.43 Å². The number of methoxy groups -OCH3 is 2. The molecule has 1 aliphatic heterocycles. The molecule has 0 aliphatic carbocycles. The lowest BCUT2D eigenvalue weighted by Crippen LogP contribution is -2.37. The molecule has 0 unspecified atom stereocenters. The summed E-state index contributed by atoms with van der Waals surface area (Å²) in [6, 6.07) is 5.87. The molecule has 0 bridgehead atoms. The average molecular weight is 423 g/mol. The van der Waals surface area contributed by atoms with Crippen LogP contribution in [0.2, 0.25) is 0 Å². The molecule has 1 saturated heterocycles. The number of ether oxygens (including phenoxy) is 3. The molecule has 26 heavy (non-hydrogen) atoms. The Bertz CT molecular complexity index is 783. The highest BCUT2D eigenvalue weighted by Gasteiger charge is 2.16. The lowest BCUT2D eigenvalue weighted by atomic mass is 10.2. The second kappa shape index (κ2) is 8.77. The molecular formula is C16H19BrN6O3. The Balaban J connectivity index is 1.73. The molecule has 0 saturated carbocycles. The third kappa shape index (κ3) is 4.58. The molecule has 1 aromatic heterocycles. The molecule has 0 atom stereocenters. The number of rotatable bonds is 6. The summed E-state index contributed by atoms with van der Waals surface area (Å²) in [5.41, 5.74) is 3.71. The van der Waals surface area contributed by atoms with Crippen LogP contribution >= 0.6 is 15.9 Å².